The number of nitrogens with zero attached hydrogens (tertiary/aromatic N) is 1. The van der Waals surface area contributed by atoms with E-state index in [4.69, 9.17) is 4.74 Å². The van der Waals surface area contributed by atoms with Crippen LogP contribution in [0.5, 0.6) is 5.75 Å². The molecule has 0 fully saturated rings. The first-order valence-electron chi connectivity index (χ1n) is 7.92. The highest BCUT2D eigenvalue weighted by Crippen LogP contribution is 2.32. The summed E-state index contributed by atoms with van der Waals surface area (Å²) in [5, 5.41) is 0. The van der Waals surface area contributed by atoms with Gasteiger partial charge in [0.15, 0.2) is 0 Å². The third-order valence-corrected chi connectivity index (χ3v) is 6.63. The Labute approximate surface area is 151 Å². The number of hydrogen-bond acceptors (Lipinski definition) is 3. The number of ether oxygens (including phenoxy) is 1. The molecule has 0 bridgehead atoms. The first kappa shape index (κ1) is 17.5. The van der Waals surface area contributed by atoms with Crippen LogP contribution in [0.15, 0.2) is 51.8 Å². The van der Waals surface area contributed by atoms with Crippen molar-refractivity contribution in [1.29, 1.82) is 0 Å². The number of hydrogen-bond donors (Lipinski definition) is 0. The Bertz CT molecular complexity index is 851. The maximum Gasteiger partial charge on any atom is 0.247 e. The van der Waals surface area contributed by atoms with Crippen LogP contribution in [0.2, 0.25) is 0 Å². The van der Waals surface area contributed by atoms with Crippen molar-refractivity contribution in [2.75, 3.05) is 6.54 Å². The molecular weight excluding hydrogens is 390 g/mol. The van der Waals surface area contributed by atoms with E-state index in [0.29, 0.717) is 18.8 Å². The predicted molar refractivity (Wildman–Crippen MR) is 97.6 cm³/mol. The van der Waals surface area contributed by atoms with E-state index in [-0.39, 0.29) is 11.0 Å². The second-order valence-corrected chi connectivity index (χ2v) is 8.79. The van der Waals surface area contributed by atoms with Gasteiger partial charge >= 0.3 is 0 Å². The fourth-order valence-electron chi connectivity index (χ4n) is 2.80. The molecule has 0 spiro atoms. The quantitative estimate of drug-likeness (QED) is 0.765. The van der Waals surface area contributed by atoms with Crippen LogP contribution in [-0.4, -0.2) is 25.4 Å². The number of benzene rings is 2. The third kappa shape index (κ3) is 3.36. The lowest BCUT2D eigenvalue weighted by molar-refractivity contribution is 0.168. The SMILES string of the molecule is CCC1CN(Cc2cc(Br)ccc2C)S(=O)(=O)c2ccccc2O1. The fourth-order valence-corrected chi connectivity index (χ4v) is 4.78. The van der Waals surface area contributed by atoms with Gasteiger partial charge in [0.2, 0.25) is 10.0 Å². The van der Waals surface area contributed by atoms with E-state index in [1.54, 1.807) is 24.3 Å². The molecule has 0 aliphatic carbocycles. The zero-order valence-electron chi connectivity index (χ0n) is 13.7. The van der Waals surface area contributed by atoms with Crippen molar-refractivity contribution in [3.8, 4) is 5.75 Å². The highest BCUT2D eigenvalue weighted by Gasteiger charge is 2.34. The van der Waals surface area contributed by atoms with E-state index in [1.807, 2.05) is 32.0 Å². The molecule has 0 saturated carbocycles. The minimum Gasteiger partial charge on any atom is -0.488 e. The molecule has 0 radical (unpaired) electrons. The third-order valence-electron chi connectivity index (χ3n) is 4.28. The Morgan fingerprint density at radius 2 is 2.00 bits per heavy atom. The second-order valence-electron chi connectivity index (χ2n) is 5.96. The highest BCUT2D eigenvalue weighted by molar-refractivity contribution is 9.10. The Balaban J connectivity index is 2.04. The van der Waals surface area contributed by atoms with Crippen molar-refractivity contribution in [2.24, 2.45) is 0 Å². The van der Waals surface area contributed by atoms with Gasteiger partial charge in [0.05, 0.1) is 6.54 Å². The van der Waals surface area contributed by atoms with Gasteiger partial charge in [-0.25, -0.2) is 8.42 Å². The molecule has 1 aliphatic heterocycles. The van der Waals surface area contributed by atoms with Crippen LogP contribution in [0.3, 0.4) is 0 Å². The summed E-state index contributed by atoms with van der Waals surface area (Å²) in [7, 11) is -3.60. The van der Waals surface area contributed by atoms with Crippen LogP contribution >= 0.6 is 15.9 Å². The van der Waals surface area contributed by atoms with Crippen LogP contribution in [0.1, 0.15) is 24.5 Å². The number of para-hydroxylation sites is 1. The van der Waals surface area contributed by atoms with Crippen LogP contribution in [0, 0.1) is 6.92 Å². The Kier molecular flexibility index (Phi) is 4.99. The van der Waals surface area contributed by atoms with E-state index < -0.39 is 10.0 Å². The first-order valence-corrected chi connectivity index (χ1v) is 10.2. The first-order chi connectivity index (χ1) is 11.4. The lowest BCUT2D eigenvalue weighted by Crippen LogP contribution is -2.36. The van der Waals surface area contributed by atoms with Crippen LogP contribution in [0.25, 0.3) is 0 Å². The molecule has 2 aromatic rings. The molecule has 4 nitrogen and oxygen atoms in total. The summed E-state index contributed by atoms with van der Waals surface area (Å²) >= 11 is 3.46. The Morgan fingerprint density at radius 1 is 1.25 bits per heavy atom. The molecule has 1 atom stereocenters. The predicted octanol–water partition coefficient (Wildman–Crippen LogP) is 4.12. The normalized spacial score (nSPS) is 20.0. The lowest BCUT2D eigenvalue weighted by Gasteiger charge is -2.23. The van der Waals surface area contributed by atoms with Gasteiger partial charge in [0.1, 0.15) is 16.7 Å². The average molecular weight is 410 g/mol. The average Bonchev–Trinajstić information content (AvgIpc) is 2.66. The van der Waals surface area contributed by atoms with Gasteiger partial charge in [-0.3, -0.25) is 0 Å². The van der Waals surface area contributed by atoms with Crippen molar-refractivity contribution in [1.82, 2.24) is 4.31 Å². The largest absolute Gasteiger partial charge is 0.488 e. The summed E-state index contributed by atoms with van der Waals surface area (Å²) in [6, 6.07) is 12.8. The van der Waals surface area contributed by atoms with E-state index in [0.717, 1.165) is 22.0 Å². The minimum atomic E-state index is -3.60. The Hall–Kier alpha value is -1.37. The number of sulfonamides is 1. The summed E-state index contributed by atoms with van der Waals surface area (Å²) < 4.78 is 34.6. The van der Waals surface area contributed by atoms with E-state index in [2.05, 4.69) is 15.9 Å². The van der Waals surface area contributed by atoms with Crippen LogP contribution in [0.4, 0.5) is 0 Å². The molecule has 2 aromatic carbocycles. The summed E-state index contributed by atoms with van der Waals surface area (Å²) in [6.45, 7) is 4.68. The lowest BCUT2D eigenvalue weighted by atomic mass is 10.1. The zero-order chi connectivity index (χ0) is 17.3. The molecule has 0 saturated heterocycles. The topological polar surface area (TPSA) is 46.6 Å². The van der Waals surface area contributed by atoms with Crippen molar-refractivity contribution in [3.05, 3.63) is 58.1 Å². The van der Waals surface area contributed by atoms with Gasteiger partial charge < -0.3 is 4.74 Å². The molecular formula is C18H20BrNO3S. The van der Waals surface area contributed by atoms with Gasteiger partial charge in [-0.1, -0.05) is 41.1 Å². The summed E-state index contributed by atoms with van der Waals surface area (Å²) in [5.74, 6) is 0.442. The van der Waals surface area contributed by atoms with E-state index in [1.165, 1.54) is 4.31 Å². The second kappa shape index (κ2) is 6.86. The molecule has 0 amide bonds. The van der Waals surface area contributed by atoms with Crippen molar-refractivity contribution >= 4 is 26.0 Å². The summed E-state index contributed by atoms with van der Waals surface area (Å²) in [4.78, 5) is 0.244. The van der Waals surface area contributed by atoms with Gasteiger partial charge in [-0.2, -0.15) is 4.31 Å². The smallest absolute Gasteiger partial charge is 0.247 e. The molecule has 0 aromatic heterocycles. The summed E-state index contributed by atoms with van der Waals surface area (Å²) in [6.07, 6.45) is 0.591. The maximum absolute atomic E-state index is 13.1. The molecule has 24 heavy (non-hydrogen) atoms. The molecule has 1 unspecified atom stereocenters. The van der Waals surface area contributed by atoms with Crippen LogP contribution in [-0.2, 0) is 16.6 Å². The molecule has 0 N–H and O–H groups in total. The fraction of sp³-hybridized carbons (Fsp3) is 0.333. The molecule has 1 heterocycles. The van der Waals surface area contributed by atoms with Crippen molar-refractivity contribution < 1.29 is 13.2 Å². The van der Waals surface area contributed by atoms with E-state index >= 15 is 0 Å². The summed E-state index contributed by atoms with van der Waals surface area (Å²) in [5.41, 5.74) is 2.06. The molecule has 3 rings (SSSR count). The van der Waals surface area contributed by atoms with Gasteiger partial charge in [-0.05, 0) is 48.7 Å². The van der Waals surface area contributed by atoms with Crippen LogP contribution < -0.4 is 4.74 Å². The van der Waals surface area contributed by atoms with E-state index in [9.17, 15) is 8.42 Å². The monoisotopic (exact) mass is 409 g/mol. The Morgan fingerprint density at radius 3 is 2.75 bits per heavy atom. The highest BCUT2D eigenvalue weighted by atomic mass is 79.9. The standard InChI is InChI=1S/C18H20BrNO3S/c1-3-16-12-20(11-14-10-15(19)9-8-13(14)2)24(21,22)18-7-5-4-6-17(18)23-16/h4-10,16H,3,11-12H2,1-2H3. The molecule has 128 valence electrons. The minimum absolute atomic E-state index is 0.157. The number of rotatable bonds is 3. The molecule has 6 heteroatoms. The number of halogens is 1. The van der Waals surface area contributed by atoms with Crippen molar-refractivity contribution in [3.63, 3.8) is 0 Å². The van der Waals surface area contributed by atoms with Crippen molar-refractivity contribution in [2.45, 2.75) is 37.8 Å². The van der Waals surface area contributed by atoms with Gasteiger partial charge in [0.25, 0.3) is 0 Å². The zero-order valence-corrected chi connectivity index (χ0v) is 16.1. The van der Waals surface area contributed by atoms with Gasteiger partial charge in [-0.15, -0.1) is 0 Å². The van der Waals surface area contributed by atoms with Gasteiger partial charge in [0, 0.05) is 11.0 Å². The molecule has 1 aliphatic rings. The number of aryl methyl sites for hydroxylation is 1. The maximum atomic E-state index is 13.1. The number of fused-ring (bicyclic) bond motifs is 1.